The molecule has 3 heteroatoms. The molecule has 18 heavy (non-hydrogen) atoms. The van der Waals surface area contributed by atoms with E-state index in [2.05, 4.69) is 19.2 Å². The first-order valence-corrected chi connectivity index (χ1v) is 6.52. The predicted molar refractivity (Wildman–Crippen MR) is 74.0 cm³/mol. The van der Waals surface area contributed by atoms with Gasteiger partial charge in [0.2, 0.25) is 0 Å². The summed E-state index contributed by atoms with van der Waals surface area (Å²) < 4.78 is 4.96. The molecule has 0 aromatic heterocycles. The van der Waals surface area contributed by atoms with Crippen LogP contribution < -0.4 is 5.32 Å². The van der Waals surface area contributed by atoms with Crippen molar-refractivity contribution in [3.63, 3.8) is 0 Å². The van der Waals surface area contributed by atoms with Gasteiger partial charge in [-0.05, 0) is 36.5 Å². The second kappa shape index (κ2) is 7.88. The number of hydrogen-bond donors (Lipinski definition) is 1. The average molecular weight is 249 g/mol. The quantitative estimate of drug-likeness (QED) is 0.754. The Morgan fingerprint density at radius 2 is 1.89 bits per heavy atom. The maximum absolute atomic E-state index is 11.8. The van der Waals surface area contributed by atoms with Gasteiger partial charge in [-0.15, -0.1) is 0 Å². The number of methoxy groups -OCH3 is 1. The molecule has 0 heterocycles. The van der Waals surface area contributed by atoms with E-state index in [9.17, 15) is 4.79 Å². The van der Waals surface area contributed by atoms with E-state index in [1.54, 1.807) is 7.11 Å². The monoisotopic (exact) mass is 249 g/mol. The van der Waals surface area contributed by atoms with Gasteiger partial charge in [-0.1, -0.05) is 26.0 Å². The van der Waals surface area contributed by atoms with Crippen LogP contribution in [-0.4, -0.2) is 26.2 Å². The van der Waals surface area contributed by atoms with E-state index in [1.807, 2.05) is 24.3 Å². The second-order valence-electron chi connectivity index (χ2n) is 4.73. The minimum absolute atomic E-state index is 0.00252. The number of hydrogen-bond acceptors (Lipinski definition) is 2. The largest absolute Gasteiger partial charge is 0.385 e. The molecule has 1 N–H and O–H groups in total. The smallest absolute Gasteiger partial charge is 0.251 e. The number of amides is 1. The molecule has 0 atom stereocenters. The Morgan fingerprint density at radius 3 is 2.44 bits per heavy atom. The summed E-state index contributed by atoms with van der Waals surface area (Å²) in [7, 11) is 1.69. The first-order chi connectivity index (χ1) is 8.65. The fraction of sp³-hybridized carbons (Fsp3) is 0.533. The minimum atomic E-state index is 0.00252. The van der Waals surface area contributed by atoms with E-state index in [0.717, 1.165) is 25.0 Å². The van der Waals surface area contributed by atoms with Crippen LogP contribution in [0.15, 0.2) is 24.3 Å². The number of nitrogens with one attached hydrogen (secondary N) is 1. The first kappa shape index (κ1) is 14.7. The molecule has 0 saturated carbocycles. The van der Waals surface area contributed by atoms with Crippen molar-refractivity contribution in [3.8, 4) is 0 Å². The number of benzene rings is 1. The maximum Gasteiger partial charge on any atom is 0.251 e. The van der Waals surface area contributed by atoms with Crippen molar-refractivity contribution in [2.75, 3.05) is 20.3 Å². The van der Waals surface area contributed by atoms with Crippen molar-refractivity contribution in [2.24, 2.45) is 0 Å². The molecule has 0 aliphatic rings. The zero-order chi connectivity index (χ0) is 13.4. The third kappa shape index (κ3) is 4.88. The second-order valence-corrected chi connectivity index (χ2v) is 4.73. The Bertz CT molecular complexity index is 357. The van der Waals surface area contributed by atoms with E-state index in [4.69, 9.17) is 4.74 Å². The van der Waals surface area contributed by atoms with Crippen molar-refractivity contribution in [3.05, 3.63) is 35.4 Å². The summed E-state index contributed by atoms with van der Waals surface area (Å²) in [6.45, 7) is 5.74. The van der Waals surface area contributed by atoms with Crippen LogP contribution in [0.25, 0.3) is 0 Å². The molecule has 0 bridgehead atoms. The maximum atomic E-state index is 11.8. The highest BCUT2D eigenvalue weighted by molar-refractivity contribution is 5.94. The zero-order valence-electron chi connectivity index (χ0n) is 11.5. The lowest BCUT2D eigenvalue weighted by molar-refractivity contribution is 0.0951. The van der Waals surface area contributed by atoms with E-state index in [1.165, 1.54) is 5.56 Å². The van der Waals surface area contributed by atoms with Crippen LogP contribution in [0.3, 0.4) is 0 Å². The molecule has 1 rings (SSSR count). The van der Waals surface area contributed by atoms with Crippen LogP contribution in [0.4, 0.5) is 0 Å². The number of carbonyl (C=O) groups excluding carboxylic acids is 1. The van der Waals surface area contributed by atoms with Crippen LogP contribution in [0.2, 0.25) is 0 Å². The topological polar surface area (TPSA) is 38.3 Å². The minimum Gasteiger partial charge on any atom is -0.385 e. The molecule has 0 unspecified atom stereocenters. The Labute approximate surface area is 110 Å². The SMILES string of the molecule is COCCCCNC(=O)c1ccc(C(C)C)cc1. The third-order valence-electron chi connectivity index (χ3n) is 2.90. The van der Waals surface area contributed by atoms with Crippen LogP contribution in [-0.2, 0) is 4.74 Å². The van der Waals surface area contributed by atoms with Crippen molar-refractivity contribution < 1.29 is 9.53 Å². The molecule has 1 aromatic rings. The highest BCUT2D eigenvalue weighted by Crippen LogP contribution is 2.14. The van der Waals surface area contributed by atoms with Gasteiger partial charge in [-0.25, -0.2) is 0 Å². The molecule has 0 radical (unpaired) electrons. The number of unbranched alkanes of at least 4 members (excludes halogenated alkanes) is 1. The Morgan fingerprint density at radius 1 is 1.22 bits per heavy atom. The molecule has 0 fully saturated rings. The standard InChI is InChI=1S/C15H23NO2/c1-12(2)13-6-8-14(9-7-13)15(17)16-10-4-5-11-18-3/h6-9,12H,4-5,10-11H2,1-3H3,(H,16,17). The van der Waals surface area contributed by atoms with Gasteiger partial charge in [-0.3, -0.25) is 4.79 Å². The van der Waals surface area contributed by atoms with Gasteiger partial charge in [0, 0.05) is 25.8 Å². The molecular formula is C15H23NO2. The Kier molecular flexibility index (Phi) is 6.44. The summed E-state index contributed by atoms with van der Waals surface area (Å²) in [4.78, 5) is 11.8. The number of ether oxygens (including phenoxy) is 1. The van der Waals surface area contributed by atoms with Crippen molar-refractivity contribution in [1.29, 1.82) is 0 Å². The van der Waals surface area contributed by atoms with Crippen molar-refractivity contribution >= 4 is 5.91 Å². The van der Waals surface area contributed by atoms with E-state index in [0.29, 0.717) is 12.5 Å². The summed E-state index contributed by atoms with van der Waals surface area (Å²) in [5.41, 5.74) is 1.98. The van der Waals surface area contributed by atoms with Crippen LogP contribution in [0.1, 0.15) is 48.5 Å². The van der Waals surface area contributed by atoms with Gasteiger partial charge >= 0.3 is 0 Å². The summed E-state index contributed by atoms with van der Waals surface area (Å²) in [5.74, 6) is 0.499. The molecule has 0 aliphatic heterocycles. The summed E-state index contributed by atoms with van der Waals surface area (Å²) in [5, 5.41) is 2.91. The van der Waals surface area contributed by atoms with Crippen LogP contribution >= 0.6 is 0 Å². The first-order valence-electron chi connectivity index (χ1n) is 6.52. The van der Waals surface area contributed by atoms with Gasteiger partial charge < -0.3 is 10.1 Å². The summed E-state index contributed by atoms with van der Waals surface area (Å²) in [6, 6.07) is 7.81. The number of rotatable bonds is 7. The van der Waals surface area contributed by atoms with Crippen molar-refractivity contribution in [2.45, 2.75) is 32.6 Å². The molecular weight excluding hydrogens is 226 g/mol. The summed E-state index contributed by atoms with van der Waals surface area (Å²) in [6.07, 6.45) is 1.92. The number of carbonyl (C=O) groups is 1. The predicted octanol–water partition coefficient (Wildman–Crippen LogP) is 2.97. The lowest BCUT2D eigenvalue weighted by atomic mass is 10.0. The van der Waals surface area contributed by atoms with Crippen LogP contribution in [0, 0.1) is 0 Å². The molecule has 1 amide bonds. The highest BCUT2D eigenvalue weighted by Gasteiger charge is 2.05. The molecule has 0 spiro atoms. The van der Waals surface area contributed by atoms with Crippen molar-refractivity contribution in [1.82, 2.24) is 5.32 Å². The Hall–Kier alpha value is -1.35. The third-order valence-corrected chi connectivity index (χ3v) is 2.90. The van der Waals surface area contributed by atoms with Gasteiger partial charge in [-0.2, -0.15) is 0 Å². The molecule has 0 aliphatic carbocycles. The fourth-order valence-electron chi connectivity index (χ4n) is 1.69. The molecule has 0 saturated heterocycles. The van der Waals surface area contributed by atoms with E-state index >= 15 is 0 Å². The normalized spacial score (nSPS) is 10.7. The molecule has 3 nitrogen and oxygen atoms in total. The highest BCUT2D eigenvalue weighted by atomic mass is 16.5. The van der Waals surface area contributed by atoms with Gasteiger partial charge in [0.1, 0.15) is 0 Å². The van der Waals surface area contributed by atoms with Gasteiger partial charge in [0.25, 0.3) is 5.91 Å². The zero-order valence-corrected chi connectivity index (χ0v) is 11.5. The van der Waals surface area contributed by atoms with Gasteiger partial charge in [0.15, 0.2) is 0 Å². The van der Waals surface area contributed by atoms with E-state index in [-0.39, 0.29) is 5.91 Å². The lowest BCUT2D eigenvalue weighted by Gasteiger charge is -2.08. The summed E-state index contributed by atoms with van der Waals surface area (Å²) >= 11 is 0. The fourth-order valence-corrected chi connectivity index (χ4v) is 1.69. The van der Waals surface area contributed by atoms with E-state index < -0.39 is 0 Å². The van der Waals surface area contributed by atoms with Crippen LogP contribution in [0.5, 0.6) is 0 Å². The Balaban J connectivity index is 2.37. The average Bonchev–Trinajstić information content (AvgIpc) is 2.38. The lowest BCUT2D eigenvalue weighted by Crippen LogP contribution is -2.24. The molecule has 1 aromatic carbocycles. The van der Waals surface area contributed by atoms with Gasteiger partial charge in [0.05, 0.1) is 0 Å². The molecule has 100 valence electrons.